The van der Waals surface area contributed by atoms with Gasteiger partial charge in [0.25, 0.3) is 0 Å². The summed E-state index contributed by atoms with van der Waals surface area (Å²) in [7, 11) is 0. The van der Waals surface area contributed by atoms with Crippen molar-refractivity contribution in [2.75, 3.05) is 5.32 Å². The molecule has 0 fully saturated rings. The van der Waals surface area contributed by atoms with Crippen molar-refractivity contribution in [3.8, 4) is 0 Å². The summed E-state index contributed by atoms with van der Waals surface area (Å²) in [4.78, 5) is 8.84. The van der Waals surface area contributed by atoms with Gasteiger partial charge in [-0.15, -0.1) is 0 Å². The minimum atomic E-state index is 0.911. The molecule has 0 saturated carbocycles. The van der Waals surface area contributed by atoms with Gasteiger partial charge in [-0.05, 0) is 0 Å². The van der Waals surface area contributed by atoms with Crippen LogP contribution in [0.5, 0.6) is 0 Å². The standard InChI is InChI=1S/C15H15N3.Os/c1-4-5-6-11(2)17-13-7-8-14-15(9-13)18-12(3)10-16-14;/h2,4-10,17H,1,3H3;/b5-4-,11-6+;. The Labute approximate surface area is 122 Å². The van der Waals surface area contributed by atoms with Crippen molar-refractivity contribution in [2.45, 2.75) is 13.8 Å². The summed E-state index contributed by atoms with van der Waals surface area (Å²) in [6.07, 6.45) is 7.84. The Morgan fingerprint density at radius 3 is 2.89 bits per heavy atom. The first-order valence-electron chi connectivity index (χ1n) is 5.98. The third-order valence-corrected chi connectivity index (χ3v) is 3.32. The number of allylic oxidation sites excluding steroid dienone is 4. The second-order valence-corrected chi connectivity index (χ2v) is 4.82. The first-order chi connectivity index (χ1) is 9.22. The monoisotopic (exact) mass is 429 g/mol. The molecule has 0 amide bonds. The molecular formula is C15H15N3Os. The van der Waals surface area contributed by atoms with E-state index in [1.807, 2.05) is 68.4 Å². The molecule has 0 aliphatic rings. The van der Waals surface area contributed by atoms with Gasteiger partial charge in [0.15, 0.2) is 0 Å². The molecular weight excluding hydrogens is 412 g/mol. The van der Waals surface area contributed by atoms with E-state index in [0.717, 1.165) is 28.1 Å². The molecule has 4 heteroatoms. The zero-order valence-corrected chi connectivity index (χ0v) is 13.4. The Balaban J connectivity index is 2.32. The third kappa shape index (κ3) is 3.65. The zero-order valence-electron chi connectivity index (χ0n) is 10.9. The predicted octanol–water partition coefficient (Wildman–Crippen LogP) is 3.16. The van der Waals surface area contributed by atoms with E-state index in [2.05, 4.69) is 19.9 Å². The summed E-state index contributed by atoms with van der Waals surface area (Å²) in [5.74, 6) is 0. The fourth-order valence-electron chi connectivity index (χ4n) is 1.65. The molecule has 0 aliphatic carbocycles. The average molecular weight is 428 g/mol. The number of hydrogen-bond donors (Lipinski definition) is 1. The molecule has 3 nitrogen and oxygen atoms in total. The van der Waals surface area contributed by atoms with E-state index >= 15 is 0 Å². The maximum atomic E-state index is 4.49. The number of fused-ring (bicyclic) bond motifs is 1. The van der Waals surface area contributed by atoms with Crippen molar-refractivity contribution in [3.63, 3.8) is 0 Å². The summed E-state index contributed by atoms with van der Waals surface area (Å²) in [5, 5.41) is 3.37. The van der Waals surface area contributed by atoms with Crippen LogP contribution in [-0.2, 0) is 18.1 Å². The number of anilines is 1. The van der Waals surface area contributed by atoms with Crippen LogP contribution in [0, 0.1) is 6.92 Å². The fourth-order valence-corrected chi connectivity index (χ4v) is 2.08. The van der Waals surface area contributed by atoms with Crippen LogP contribution in [-0.4, -0.2) is 14.5 Å². The molecule has 0 saturated heterocycles. The van der Waals surface area contributed by atoms with Gasteiger partial charge in [-0.2, -0.15) is 0 Å². The SMILES string of the molecule is C/C=C\C=C(/[CH]=[Os])Nc1ccc2ncc(C)nc2c1. The van der Waals surface area contributed by atoms with Gasteiger partial charge >= 0.3 is 123 Å². The Morgan fingerprint density at radius 1 is 1.32 bits per heavy atom. The topological polar surface area (TPSA) is 37.8 Å². The first kappa shape index (κ1) is 13.8. The van der Waals surface area contributed by atoms with Gasteiger partial charge in [-0.1, -0.05) is 0 Å². The first-order valence-corrected chi connectivity index (χ1v) is 7.45. The summed E-state index contributed by atoms with van der Waals surface area (Å²) < 4.78 is 2.06. The number of hydrogen-bond acceptors (Lipinski definition) is 3. The molecule has 0 atom stereocenters. The van der Waals surface area contributed by atoms with E-state index in [-0.39, 0.29) is 0 Å². The van der Waals surface area contributed by atoms with Gasteiger partial charge in [0.05, 0.1) is 0 Å². The molecule has 0 radical (unpaired) electrons. The zero-order chi connectivity index (χ0) is 13.7. The molecule has 1 aromatic carbocycles. The second-order valence-electron chi connectivity index (χ2n) is 4.09. The summed E-state index contributed by atoms with van der Waals surface area (Å²) in [6.45, 7) is 3.95. The van der Waals surface area contributed by atoms with Crippen LogP contribution in [0.1, 0.15) is 12.6 Å². The third-order valence-electron chi connectivity index (χ3n) is 2.53. The number of aryl methyl sites for hydroxylation is 1. The van der Waals surface area contributed by atoms with Gasteiger partial charge in [0.1, 0.15) is 0 Å². The van der Waals surface area contributed by atoms with Gasteiger partial charge in [0, 0.05) is 0 Å². The van der Waals surface area contributed by atoms with E-state index in [1.54, 1.807) is 6.20 Å². The number of rotatable bonds is 4. The fraction of sp³-hybridized carbons (Fsp3) is 0.133. The van der Waals surface area contributed by atoms with Crippen molar-refractivity contribution < 1.29 is 18.1 Å². The van der Waals surface area contributed by atoms with Crippen molar-refractivity contribution in [3.05, 3.63) is 54.0 Å². The molecule has 19 heavy (non-hydrogen) atoms. The van der Waals surface area contributed by atoms with Crippen molar-refractivity contribution in [2.24, 2.45) is 0 Å². The van der Waals surface area contributed by atoms with E-state index in [0.29, 0.717) is 0 Å². The van der Waals surface area contributed by atoms with Crippen LogP contribution in [0.15, 0.2) is 48.3 Å². The van der Waals surface area contributed by atoms with Gasteiger partial charge < -0.3 is 0 Å². The Bertz CT molecular complexity index is 659. The Morgan fingerprint density at radius 2 is 2.16 bits per heavy atom. The predicted molar refractivity (Wildman–Crippen MR) is 76.9 cm³/mol. The number of aromatic nitrogens is 2. The molecule has 0 bridgehead atoms. The van der Waals surface area contributed by atoms with E-state index in [9.17, 15) is 0 Å². The van der Waals surface area contributed by atoms with Crippen molar-refractivity contribution in [1.29, 1.82) is 0 Å². The van der Waals surface area contributed by atoms with Gasteiger partial charge in [-0.3, -0.25) is 0 Å². The van der Waals surface area contributed by atoms with Crippen molar-refractivity contribution in [1.82, 2.24) is 9.97 Å². The molecule has 0 unspecified atom stereocenters. The molecule has 1 heterocycles. The Hall–Kier alpha value is -1.65. The number of nitrogens with zero attached hydrogens (tertiary/aromatic N) is 2. The molecule has 2 aromatic rings. The maximum absolute atomic E-state index is 4.49. The van der Waals surface area contributed by atoms with Gasteiger partial charge in [-0.25, -0.2) is 0 Å². The van der Waals surface area contributed by atoms with Crippen LogP contribution < -0.4 is 5.32 Å². The quantitative estimate of drug-likeness (QED) is 0.762. The van der Waals surface area contributed by atoms with Crippen LogP contribution in [0.2, 0.25) is 0 Å². The summed E-state index contributed by atoms with van der Waals surface area (Å²) >= 11 is 1.81. The van der Waals surface area contributed by atoms with E-state index in [1.165, 1.54) is 0 Å². The normalized spacial score (nSPS) is 12.1. The summed E-state index contributed by atoms with van der Waals surface area (Å²) in [5.41, 5.74) is 4.84. The van der Waals surface area contributed by atoms with Crippen LogP contribution in [0.25, 0.3) is 11.0 Å². The molecule has 2 rings (SSSR count). The molecule has 1 aromatic heterocycles. The average Bonchev–Trinajstić information content (AvgIpc) is 2.43. The molecule has 0 spiro atoms. The number of nitrogens with one attached hydrogen (secondary N) is 1. The molecule has 0 aliphatic heterocycles. The van der Waals surface area contributed by atoms with E-state index in [4.69, 9.17) is 0 Å². The second kappa shape index (κ2) is 6.49. The minimum absolute atomic E-state index is 0.911. The van der Waals surface area contributed by atoms with Crippen LogP contribution in [0.3, 0.4) is 0 Å². The Kier molecular flexibility index (Phi) is 4.71. The number of benzene rings is 1. The van der Waals surface area contributed by atoms with Crippen LogP contribution in [0.4, 0.5) is 5.69 Å². The van der Waals surface area contributed by atoms with Gasteiger partial charge in [0.2, 0.25) is 0 Å². The molecule has 98 valence electrons. The summed E-state index contributed by atoms with van der Waals surface area (Å²) in [6, 6.07) is 6.02. The van der Waals surface area contributed by atoms with Crippen LogP contribution >= 0.6 is 0 Å². The van der Waals surface area contributed by atoms with Crippen molar-refractivity contribution >= 4 is 21.3 Å². The van der Waals surface area contributed by atoms with E-state index < -0.39 is 0 Å². The molecule has 1 N–H and O–H groups in total.